The molecule has 0 bridgehead atoms. The molecule has 4 rings (SSSR count). The van der Waals surface area contributed by atoms with E-state index in [1.807, 2.05) is 32.0 Å². The Labute approximate surface area is 193 Å². The summed E-state index contributed by atoms with van der Waals surface area (Å²) in [4.78, 5) is 31.2. The Bertz CT molecular complexity index is 1210. The second kappa shape index (κ2) is 9.19. The lowest BCUT2D eigenvalue weighted by atomic mass is 9.96. The Balaban J connectivity index is 1.66. The van der Waals surface area contributed by atoms with Gasteiger partial charge in [-0.2, -0.15) is 5.10 Å². The van der Waals surface area contributed by atoms with Crippen LogP contribution in [-0.2, 0) is 11.2 Å². The number of rotatable bonds is 5. The van der Waals surface area contributed by atoms with Crippen molar-refractivity contribution in [3.8, 4) is 0 Å². The van der Waals surface area contributed by atoms with Gasteiger partial charge < -0.3 is 21.3 Å². The highest BCUT2D eigenvalue weighted by Gasteiger charge is 2.25. The van der Waals surface area contributed by atoms with Crippen molar-refractivity contribution in [1.29, 1.82) is 0 Å². The van der Waals surface area contributed by atoms with Crippen molar-refractivity contribution < 1.29 is 9.59 Å². The predicted octanol–water partition coefficient (Wildman–Crippen LogP) is 2.28. The fourth-order valence-corrected chi connectivity index (χ4v) is 4.37. The molecule has 3 aromatic rings. The minimum absolute atomic E-state index is 0.0368. The molecule has 2 amide bonds. The van der Waals surface area contributed by atoms with Crippen LogP contribution < -0.4 is 16.4 Å². The van der Waals surface area contributed by atoms with E-state index in [2.05, 4.69) is 20.7 Å². The van der Waals surface area contributed by atoms with Crippen LogP contribution in [0.4, 0.5) is 11.5 Å². The number of carbonyl (C=O) groups excluding carboxylic acids is 2. The molecule has 0 spiro atoms. The molecule has 33 heavy (non-hydrogen) atoms. The van der Waals surface area contributed by atoms with E-state index in [-0.39, 0.29) is 23.6 Å². The number of nitrogens with two attached hydrogens (primary N) is 1. The molecule has 2 aromatic heterocycles. The average molecular weight is 450 g/mol. The SMILES string of the molecule is Cc1c(CC(=O)N(C)C)ccc(NC(=O)c2cc(C3CCCNC3)n3ncnc(N)c23)c1C. The summed E-state index contributed by atoms with van der Waals surface area (Å²) in [5, 5.41) is 10.8. The lowest BCUT2D eigenvalue weighted by molar-refractivity contribution is -0.127. The number of hydrogen-bond donors (Lipinski definition) is 3. The van der Waals surface area contributed by atoms with Crippen LogP contribution in [0.3, 0.4) is 0 Å². The Hall–Kier alpha value is -3.46. The standard InChI is InChI=1S/C24H31N7O2/c1-14-15(2)19(8-7-16(14)10-21(32)30(3)4)29-24(33)18-11-20(17-6-5-9-26-12-17)31-22(18)23(25)27-13-28-31/h7-8,11,13,17,26H,5-6,9-10,12H2,1-4H3,(H,29,33)(H2,25,27,28). The highest BCUT2D eigenvalue weighted by atomic mass is 16.2. The maximum Gasteiger partial charge on any atom is 0.258 e. The van der Waals surface area contributed by atoms with Crippen molar-refractivity contribution in [2.45, 2.75) is 39.0 Å². The third kappa shape index (κ3) is 4.41. The van der Waals surface area contributed by atoms with E-state index in [1.165, 1.54) is 6.33 Å². The summed E-state index contributed by atoms with van der Waals surface area (Å²) in [7, 11) is 3.49. The van der Waals surface area contributed by atoms with E-state index in [4.69, 9.17) is 5.73 Å². The number of amides is 2. The molecule has 1 aliphatic rings. The number of anilines is 2. The number of benzene rings is 1. The average Bonchev–Trinajstić information content (AvgIpc) is 3.20. The van der Waals surface area contributed by atoms with Gasteiger partial charge in [0.15, 0.2) is 5.82 Å². The van der Waals surface area contributed by atoms with E-state index in [0.717, 1.165) is 48.3 Å². The first-order chi connectivity index (χ1) is 15.8. The molecule has 1 unspecified atom stereocenters. The Morgan fingerprint density at radius 3 is 2.76 bits per heavy atom. The van der Waals surface area contributed by atoms with Gasteiger partial charge in [0.2, 0.25) is 5.91 Å². The second-order valence-electron chi connectivity index (χ2n) is 8.87. The molecule has 1 aromatic carbocycles. The molecule has 4 N–H and O–H groups in total. The summed E-state index contributed by atoms with van der Waals surface area (Å²) in [6.07, 6.45) is 3.84. The monoisotopic (exact) mass is 449 g/mol. The maximum absolute atomic E-state index is 13.4. The molecule has 0 radical (unpaired) electrons. The highest BCUT2D eigenvalue weighted by Crippen LogP contribution is 2.30. The largest absolute Gasteiger partial charge is 0.382 e. The summed E-state index contributed by atoms with van der Waals surface area (Å²) >= 11 is 0. The van der Waals surface area contributed by atoms with Crippen molar-refractivity contribution in [3.63, 3.8) is 0 Å². The van der Waals surface area contributed by atoms with Gasteiger partial charge in [0, 0.05) is 37.9 Å². The number of nitrogens with one attached hydrogen (secondary N) is 2. The molecule has 1 aliphatic heterocycles. The van der Waals surface area contributed by atoms with Crippen LogP contribution in [0.5, 0.6) is 0 Å². The fraction of sp³-hybridized carbons (Fsp3) is 0.417. The molecule has 1 fully saturated rings. The quantitative estimate of drug-likeness (QED) is 0.550. The fourth-order valence-electron chi connectivity index (χ4n) is 4.37. The van der Waals surface area contributed by atoms with Crippen molar-refractivity contribution in [2.75, 3.05) is 38.2 Å². The molecule has 9 nitrogen and oxygen atoms in total. The molecule has 1 atom stereocenters. The smallest absolute Gasteiger partial charge is 0.258 e. The van der Waals surface area contributed by atoms with Crippen LogP contribution in [0, 0.1) is 13.8 Å². The number of nitrogen functional groups attached to an aromatic ring is 1. The third-order valence-corrected chi connectivity index (χ3v) is 6.56. The number of piperidine rings is 1. The minimum atomic E-state index is -0.261. The minimum Gasteiger partial charge on any atom is -0.382 e. The van der Waals surface area contributed by atoms with E-state index in [0.29, 0.717) is 23.2 Å². The molecule has 174 valence electrons. The van der Waals surface area contributed by atoms with Gasteiger partial charge in [-0.05, 0) is 62.1 Å². The van der Waals surface area contributed by atoms with Gasteiger partial charge in [0.1, 0.15) is 11.8 Å². The number of hydrogen-bond acceptors (Lipinski definition) is 6. The zero-order valence-electron chi connectivity index (χ0n) is 19.6. The summed E-state index contributed by atoms with van der Waals surface area (Å²) in [6, 6.07) is 5.64. The highest BCUT2D eigenvalue weighted by molar-refractivity contribution is 6.11. The van der Waals surface area contributed by atoms with E-state index in [1.54, 1.807) is 23.5 Å². The Kier molecular flexibility index (Phi) is 6.33. The number of nitrogens with zero attached hydrogens (tertiary/aromatic N) is 4. The van der Waals surface area contributed by atoms with Gasteiger partial charge in [0.25, 0.3) is 5.91 Å². The number of fused-ring (bicyclic) bond motifs is 1. The number of carbonyl (C=O) groups is 2. The lowest BCUT2D eigenvalue weighted by Crippen LogP contribution is -2.29. The summed E-state index contributed by atoms with van der Waals surface area (Å²) in [5.74, 6) is 0.300. The van der Waals surface area contributed by atoms with E-state index < -0.39 is 0 Å². The summed E-state index contributed by atoms with van der Waals surface area (Å²) in [5.41, 5.74) is 11.7. The van der Waals surface area contributed by atoms with Crippen molar-refractivity contribution in [1.82, 2.24) is 24.8 Å². The van der Waals surface area contributed by atoms with Crippen molar-refractivity contribution in [2.24, 2.45) is 0 Å². The molecule has 1 saturated heterocycles. The molecular formula is C24H31N7O2. The molecule has 9 heteroatoms. The maximum atomic E-state index is 13.4. The molecule has 0 saturated carbocycles. The van der Waals surface area contributed by atoms with Gasteiger partial charge in [-0.3, -0.25) is 9.59 Å². The van der Waals surface area contributed by atoms with Crippen LogP contribution in [-0.4, -0.2) is 58.5 Å². The van der Waals surface area contributed by atoms with E-state index >= 15 is 0 Å². The van der Waals surface area contributed by atoms with Crippen LogP contribution in [0.15, 0.2) is 24.5 Å². The van der Waals surface area contributed by atoms with Crippen LogP contribution in [0.2, 0.25) is 0 Å². The van der Waals surface area contributed by atoms with Crippen molar-refractivity contribution >= 4 is 28.8 Å². The number of likely N-dealkylation sites (N-methyl/N-ethyl adjacent to an activating group) is 1. The molecule has 0 aliphatic carbocycles. The Morgan fingerprint density at radius 1 is 1.27 bits per heavy atom. The second-order valence-corrected chi connectivity index (χ2v) is 8.87. The summed E-state index contributed by atoms with van der Waals surface area (Å²) < 4.78 is 1.75. The first-order valence-electron chi connectivity index (χ1n) is 11.2. The van der Waals surface area contributed by atoms with Gasteiger partial charge in [-0.25, -0.2) is 9.50 Å². The molecular weight excluding hydrogens is 418 g/mol. The zero-order valence-corrected chi connectivity index (χ0v) is 19.6. The first-order valence-corrected chi connectivity index (χ1v) is 11.2. The Morgan fingerprint density at radius 2 is 2.06 bits per heavy atom. The van der Waals surface area contributed by atoms with Gasteiger partial charge in [0.05, 0.1) is 12.0 Å². The van der Waals surface area contributed by atoms with Gasteiger partial charge in [-0.15, -0.1) is 0 Å². The van der Waals surface area contributed by atoms with Crippen LogP contribution in [0.25, 0.3) is 5.52 Å². The third-order valence-electron chi connectivity index (χ3n) is 6.56. The molecule has 3 heterocycles. The van der Waals surface area contributed by atoms with Crippen LogP contribution in [0.1, 0.15) is 51.5 Å². The lowest BCUT2D eigenvalue weighted by Gasteiger charge is -2.22. The van der Waals surface area contributed by atoms with Gasteiger partial charge >= 0.3 is 0 Å². The van der Waals surface area contributed by atoms with Crippen LogP contribution >= 0.6 is 0 Å². The first kappa shape index (κ1) is 22.7. The van der Waals surface area contributed by atoms with Gasteiger partial charge in [-0.1, -0.05) is 6.07 Å². The summed E-state index contributed by atoms with van der Waals surface area (Å²) in [6.45, 7) is 5.75. The number of aromatic nitrogens is 3. The normalized spacial score (nSPS) is 16.1. The zero-order chi connectivity index (χ0) is 23.7. The van der Waals surface area contributed by atoms with Crippen molar-refractivity contribution in [3.05, 3.63) is 52.5 Å². The predicted molar refractivity (Wildman–Crippen MR) is 129 cm³/mol. The topological polar surface area (TPSA) is 118 Å². The van der Waals surface area contributed by atoms with E-state index in [9.17, 15) is 9.59 Å².